The lowest BCUT2D eigenvalue weighted by Crippen LogP contribution is -2.30. The molecule has 0 unspecified atom stereocenters. The summed E-state index contributed by atoms with van der Waals surface area (Å²) >= 11 is 6.21. The van der Waals surface area contributed by atoms with Gasteiger partial charge in [0.2, 0.25) is 0 Å². The van der Waals surface area contributed by atoms with Crippen molar-refractivity contribution in [2.75, 3.05) is 5.32 Å². The molecule has 0 heterocycles. The fourth-order valence-electron chi connectivity index (χ4n) is 2.38. The molecule has 24 heavy (non-hydrogen) atoms. The van der Waals surface area contributed by atoms with Gasteiger partial charge in [0.05, 0.1) is 10.7 Å². The van der Waals surface area contributed by atoms with Crippen LogP contribution in [-0.2, 0) is 0 Å². The van der Waals surface area contributed by atoms with E-state index < -0.39 is 0 Å². The molecule has 0 atom stereocenters. The van der Waals surface area contributed by atoms with Gasteiger partial charge in [-0.25, -0.2) is 0 Å². The molecule has 0 aliphatic heterocycles. The minimum atomic E-state index is -0.264. The molecule has 0 fully saturated rings. The van der Waals surface area contributed by atoms with E-state index in [0.29, 0.717) is 21.8 Å². The van der Waals surface area contributed by atoms with Gasteiger partial charge in [-0.1, -0.05) is 17.7 Å². The second-order valence-corrected chi connectivity index (χ2v) is 6.51. The van der Waals surface area contributed by atoms with Gasteiger partial charge < -0.3 is 10.6 Å². The molecule has 0 aromatic heterocycles. The molecule has 0 aliphatic rings. The largest absolute Gasteiger partial charge is 0.350 e. The number of halogens is 1. The highest BCUT2D eigenvalue weighted by Gasteiger charge is 2.13. The molecule has 2 amide bonds. The standard InChI is InChI=1S/C19H21ClN2O2/c1-11(2)21-18(23)14-5-7-15(8-6-14)19(24)22-17-13(4)9-12(3)10-16(17)20/h5-11H,1-4H3,(H,21,23)(H,22,24). The quantitative estimate of drug-likeness (QED) is 0.866. The number of carbonyl (C=O) groups excluding carboxylic acids is 2. The van der Waals surface area contributed by atoms with E-state index in [1.54, 1.807) is 24.3 Å². The summed E-state index contributed by atoms with van der Waals surface area (Å²) in [7, 11) is 0. The highest BCUT2D eigenvalue weighted by Crippen LogP contribution is 2.27. The van der Waals surface area contributed by atoms with Crippen molar-refractivity contribution < 1.29 is 9.59 Å². The number of anilines is 1. The Kier molecular flexibility index (Phi) is 5.62. The molecular formula is C19H21ClN2O2. The Morgan fingerprint density at radius 3 is 2.00 bits per heavy atom. The number of aryl methyl sites for hydroxylation is 2. The van der Waals surface area contributed by atoms with Crippen molar-refractivity contribution >= 4 is 29.1 Å². The second kappa shape index (κ2) is 7.49. The number of rotatable bonds is 4. The Hall–Kier alpha value is -2.33. The van der Waals surface area contributed by atoms with E-state index >= 15 is 0 Å². The maximum Gasteiger partial charge on any atom is 0.255 e. The highest BCUT2D eigenvalue weighted by molar-refractivity contribution is 6.34. The summed E-state index contributed by atoms with van der Waals surface area (Å²) in [5.74, 6) is -0.422. The molecule has 2 rings (SSSR count). The molecule has 0 bridgehead atoms. The summed E-state index contributed by atoms with van der Waals surface area (Å²) in [6.45, 7) is 7.64. The van der Waals surface area contributed by atoms with Gasteiger partial charge in [-0.15, -0.1) is 0 Å². The average Bonchev–Trinajstić information content (AvgIpc) is 2.50. The van der Waals surface area contributed by atoms with Crippen LogP contribution in [0.2, 0.25) is 5.02 Å². The van der Waals surface area contributed by atoms with E-state index in [0.717, 1.165) is 11.1 Å². The first-order valence-corrected chi connectivity index (χ1v) is 8.14. The monoisotopic (exact) mass is 344 g/mol. The van der Waals surface area contributed by atoms with Gasteiger partial charge in [0, 0.05) is 17.2 Å². The van der Waals surface area contributed by atoms with Gasteiger partial charge >= 0.3 is 0 Å². The first-order valence-electron chi connectivity index (χ1n) is 7.77. The number of amides is 2. The Morgan fingerprint density at radius 1 is 0.958 bits per heavy atom. The van der Waals surface area contributed by atoms with E-state index in [4.69, 9.17) is 11.6 Å². The molecule has 0 saturated carbocycles. The summed E-state index contributed by atoms with van der Waals surface area (Å²) in [6, 6.07) is 10.4. The molecule has 0 saturated heterocycles. The van der Waals surface area contributed by atoms with Crippen LogP contribution in [0.3, 0.4) is 0 Å². The van der Waals surface area contributed by atoms with Gasteiger partial charge in [0.15, 0.2) is 0 Å². The Labute approximate surface area is 147 Å². The number of hydrogen-bond donors (Lipinski definition) is 2. The van der Waals surface area contributed by atoms with Crippen LogP contribution in [0.15, 0.2) is 36.4 Å². The summed E-state index contributed by atoms with van der Waals surface area (Å²) < 4.78 is 0. The topological polar surface area (TPSA) is 58.2 Å². The van der Waals surface area contributed by atoms with Crippen LogP contribution in [0.4, 0.5) is 5.69 Å². The lowest BCUT2D eigenvalue weighted by atomic mass is 10.1. The Morgan fingerprint density at radius 2 is 1.50 bits per heavy atom. The third-order valence-corrected chi connectivity index (χ3v) is 3.80. The lowest BCUT2D eigenvalue weighted by Gasteiger charge is -2.12. The molecule has 4 nitrogen and oxygen atoms in total. The second-order valence-electron chi connectivity index (χ2n) is 6.10. The van der Waals surface area contributed by atoms with E-state index in [9.17, 15) is 9.59 Å². The Balaban J connectivity index is 2.15. The summed E-state index contributed by atoms with van der Waals surface area (Å²) in [6.07, 6.45) is 0. The lowest BCUT2D eigenvalue weighted by molar-refractivity contribution is 0.0941. The zero-order valence-corrected chi connectivity index (χ0v) is 15.0. The van der Waals surface area contributed by atoms with Crippen molar-refractivity contribution in [3.8, 4) is 0 Å². The predicted molar refractivity (Wildman–Crippen MR) is 97.9 cm³/mol. The molecule has 0 radical (unpaired) electrons. The van der Waals surface area contributed by atoms with Crippen molar-refractivity contribution in [3.63, 3.8) is 0 Å². The third kappa shape index (κ3) is 4.36. The van der Waals surface area contributed by atoms with Crippen LogP contribution in [-0.4, -0.2) is 17.9 Å². The molecule has 5 heteroatoms. The van der Waals surface area contributed by atoms with Crippen molar-refractivity contribution in [1.29, 1.82) is 0 Å². The van der Waals surface area contributed by atoms with Crippen LogP contribution in [0.1, 0.15) is 45.7 Å². The van der Waals surface area contributed by atoms with Crippen molar-refractivity contribution in [1.82, 2.24) is 5.32 Å². The highest BCUT2D eigenvalue weighted by atomic mass is 35.5. The fraction of sp³-hybridized carbons (Fsp3) is 0.263. The molecule has 0 aliphatic carbocycles. The number of hydrogen-bond acceptors (Lipinski definition) is 2. The van der Waals surface area contributed by atoms with Crippen molar-refractivity contribution in [3.05, 3.63) is 63.7 Å². The van der Waals surface area contributed by atoms with Crippen molar-refractivity contribution in [2.24, 2.45) is 0 Å². The average molecular weight is 345 g/mol. The molecular weight excluding hydrogens is 324 g/mol. The van der Waals surface area contributed by atoms with Gasteiger partial charge in [0.25, 0.3) is 11.8 Å². The number of benzene rings is 2. The van der Waals surface area contributed by atoms with Crippen LogP contribution >= 0.6 is 11.6 Å². The third-order valence-electron chi connectivity index (χ3n) is 3.50. The normalized spacial score (nSPS) is 10.6. The maximum atomic E-state index is 12.4. The first-order chi connectivity index (χ1) is 11.3. The molecule has 2 N–H and O–H groups in total. The van der Waals surface area contributed by atoms with E-state index in [1.807, 2.05) is 39.8 Å². The minimum absolute atomic E-state index is 0.0622. The van der Waals surface area contributed by atoms with E-state index in [1.165, 1.54) is 0 Å². The summed E-state index contributed by atoms with van der Waals surface area (Å²) in [5, 5.41) is 6.15. The van der Waals surface area contributed by atoms with Gasteiger partial charge in [-0.3, -0.25) is 9.59 Å². The SMILES string of the molecule is Cc1cc(C)c(NC(=O)c2ccc(C(=O)NC(C)C)cc2)c(Cl)c1. The van der Waals surface area contributed by atoms with Crippen molar-refractivity contribution in [2.45, 2.75) is 33.7 Å². The molecule has 0 spiro atoms. The predicted octanol–water partition coefficient (Wildman–Crippen LogP) is 4.35. The summed E-state index contributed by atoms with van der Waals surface area (Å²) in [5.41, 5.74) is 3.53. The zero-order valence-electron chi connectivity index (χ0n) is 14.2. The van der Waals surface area contributed by atoms with E-state index in [2.05, 4.69) is 10.6 Å². The Bertz CT molecular complexity index is 744. The van der Waals surface area contributed by atoms with Gasteiger partial charge in [-0.05, 0) is 69.2 Å². The number of carbonyl (C=O) groups is 2. The molecule has 126 valence electrons. The fourth-order valence-corrected chi connectivity index (χ4v) is 2.75. The van der Waals surface area contributed by atoms with Crippen LogP contribution < -0.4 is 10.6 Å². The van der Waals surface area contributed by atoms with Crippen LogP contribution in [0, 0.1) is 13.8 Å². The van der Waals surface area contributed by atoms with Crippen LogP contribution in [0.25, 0.3) is 0 Å². The summed E-state index contributed by atoms with van der Waals surface area (Å²) in [4.78, 5) is 24.3. The zero-order chi connectivity index (χ0) is 17.9. The number of nitrogens with one attached hydrogen (secondary N) is 2. The van der Waals surface area contributed by atoms with Gasteiger partial charge in [0.1, 0.15) is 0 Å². The minimum Gasteiger partial charge on any atom is -0.350 e. The smallest absolute Gasteiger partial charge is 0.255 e. The maximum absolute atomic E-state index is 12.4. The molecule has 2 aromatic carbocycles. The first kappa shape index (κ1) is 18.0. The van der Waals surface area contributed by atoms with Crippen LogP contribution in [0.5, 0.6) is 0 Å². The van der Waals surface area contributed by atoms with Gasteiger partial charge in [-0.2, -0.15) is 0 Å². The van der Waals surface area contributed by atoms with E-state index in [-0.39, 0.29) is 17.9 Å². The molecule has 2 aromatic rings.